The number of rotatable bonds is 1. The van der Waals surface area contributed by atoms with Crippen LogP contribution in [0.1, 0.15) is 15.9 Å². The SMILES string of the molecule is NC1=CC(=Nc2ccc3ccccc3c2)c2ccccc2C1=O. The largest absolute Gasteiger partial charge is 0.395 e. The number of allylic oxidation sites excluding steroid dienone is 2. The molecule has 0 aromatic heterocycles. The van der Waals surface area contributed by atoms with E-state index in [0.29, 0.717) is 11.3 Å². The highest BCUT2D eigenvalue weighted by Crippen LogP contribution is 2.25. The fraction of sp³-hybridized carbons (Fsp3) is 0. The van der Waals surface area contributed by atoms with Gasteiger partial charge in [0.25, 0.3) is 0 Å². The molecule has 3 nitrogen and oxygen atoms in total. The van der Waals surface area contributed by atoms with Gasteiger partial charge in [-0.2, -0.15) is 0 Å². The maximum atomic E-state index is 12.1. The third kappa shape index (κ3) is 2.32. The van der Waals surface area contributed by atoms with Gasteiger partial charge < -0.3 is 5.73 Å². The Morgan fingerprint density at radius 1 is 0.783 bits per heavy atom. The van der Waals surface area contributed by atoms with Crippen molar-refractivity contribution in [3.8, 4) is 0 Å². The predicted molar refractivity (Wildman–Crippen MR) is 93.2 cm³/mol. The molecule has 3 heteroatoms. The van der Waals surface area contributed by atoms with Gasteiger partial charge >= 0.3 is 0 Å². The van der Waals surface area contributed by atoms with Gasteiger partial charge in [-0.3, -0.25) is 4.79 Å². The van der Waals surface area contributed by atoms with Gasteiger partial charge in [-0.15, -0.1) is 0 Å². The molecule has 0 saturated heterocycles. The molecule has 4 rings (SSSR count). The average molecular weight is 298 g/mol. The van der Waals surface area contributed by atoms with Crippen LogP contribution in [0.15, 0.2) is 83.5 Å². The van der Waals surface area contributed by atoms with Crippen molar-refractivity contribution in [2.75, 3.05) is 0 Å². The van der Waals surface area contributed by atoms with Gasteiger partial charge in [0.1, 0.15) is 0 Å². The fourth-order valence-electron chi connectivity index (χ4n) is 2.83. The lowest BCUT2D eigenvalue weighted by molar-refractivity contribution is 0.103. The number of ketones is 1. The predicted octanol–water partition coefficient (Wildman–Crippen LogP) is 4.00. The summed E-state index contributed by atoms with van der Waals surface area (Å²) in [6.45, 7) is 0. The Balaban J connectivity index is 1.87. The second-order valence-electron chi connectivity index (χ2n) is 5.50. The van der Waals surface area contributed by atoms with Gasteiger partial charge in [0, 0.05) is 11.1 Å². The average Bonchev–Trinajstić information content (AvgIpc) is 2.59. The summed E-state index contributed by atoms with van der Waals surface area (Å²) in [7, 11) is 0. The lowest BCUT2D eigenvalue weighted by atomic mass is 9.92. The molecule has 110 valence electrons. The molecule has 1 aliphatic carbocycles. The summed E-state index contributed by atoms with van der Waals surface area (Å²) in [6.07, 6.45) is 1.65. The van der Waals surface area contributed by atoms with E-state index in [0.717, 1.165) is 16.6 Å². The van der Waals surface area contributed by atoms with Crippen LogP contribution >= 0.6 is 0 Å². The van der Waals surface area contributed by atoms with Crippen molar-refractivity contribution in [2.45, 2.75) is 0 Å². The highest BCUT2D eigenvalue weighted by Gasteiger charge is 2.21. The number of aliphatic imine (C=N–C) groups is 1. The lowest BCUT2D eigenvalue weighted by Gasteiger charge is -2.15. The second kappa shape index (κ2) is 5.21. The van der Waals surface area contributed by atoms with Gasteiger partial charge in [0.05, 0.1) is 17.1 Å². The molecule has 0 fully saturated rings. The van der Waals surface area contributed by atoms with Gasteiger partial charge in [0.15, 0.2) is 0 Å². The normalized spacial score (nSPS) is 15.6. The molecule has 0 atom stereocenters. The van der Waals surface area contributed by atoms with Crippen molar-refractivity contribution >= 4 is 28.0 Å². The van der Waals surface area contributed by atoms with Crippen LogP contribution in [0, 0.1) is 0 Å². The Labute approximate surface area is 133 Å². The van der Waals surface area contributed by atoms with Gasteiger partial charge in [-0.05, 0) is 29.0 Å². The molecule has 0 radical (unpaired) electrons. The molecule has 0 amide bonds. The Morgan fingerprint density at radius 2 is 1.48 bits per heavy atom. The third-order valence-corrected chi connectivity index (χ3v) is 3.98. The summed E-state index contributed by atoms with van der Waals surface area (Å²) < 4.78 is 0. The number of carbonyl (C=O) groups excluding carboxylic acids is 1. The molecule has 0 saturated carbocycles. The van der Waals surface area contributed by atoms with Crippen LogP contribution in [-0.2, 0) is 0 Å². The second-order valence-corrected chi connectivity index (χ2v) is 5.50. The summed E-state index contributed by atoms with van der Waals surface area (Å²) >= 11 is 0. The van der Waals surface area contributed by atoms with E-state index in [1.807, 2.05) is 48.5 Å². The fourth-order valence-corrected chi connectivity index (χ4v) is 2.83. The van der Waals surface area contributed by atoms with Gasteiger partial charge in [0.2, 0.25) is 5.78 Å². The van der Waals surface area contributed by atoms with Crippen molar-refractivity contribution in [1.82, 2.24) is 0 Å². The molecule has 0 spiro atoms. The first-order chi connectivity index (χ1) is 11.2. The van der Waals surface area contributed by atoms with E-state index in [9.17, 15) is 4.79 Å². The van der Waals surface area contributed by atoms with Crippen LogP contribution in [0.25, 0.3) is 10.8 Å². The number of nitrogens with two attached hydrogens (primary N) is 1. The highest BCUT2D eigenvalue weighted by molar-refractivity contribution is 6.26. The zero-order valence-electron chi connectivity index (χ0n) is 12.4. The lowest BCUT2D eigenvalue weighted by Crippen LogP contribution is -2.21. The van der Waals surface area contributed by atoms with Crippen molar-refractivity contribution in [2.24, 2.45) is 10.7 Å². The first-order valence-electron chi connectivity index (χ1n) is 7.41. The summed E-state index contributed by atoms with van der Waals surface area (Å²) in [5.74, 6) is -0.141. The zero-order chi connectivity index (χ0) is 15.8. The van der Waals surface area contributed by atoms with Crippen molar-refractivity contribution < 1.29 is 4.79 Å². The van der Waals surface area contributed by atoms with Crippen LogP contribution in [0.5, 0.6) is 0 Å². The molecule has 0 heterocycles. The highest BCUT2D eigenvalue weighted by atomic mass is 16.1. The maximum absolute atomic E-state index is 12.1. The number of benzene rings is 3. The van der Waals surface area contributed by atoms with Crippen molar-refractivity contribution in [3.05, 3.63) is 89.6 Å². The number of nitrogens with zero attached hydrogens (tertiary/aromatic N) is 1. The summed E-state index contributed by atoms with van der Waals surface area (Å²) in [5.41, 5.74) is 9.06. The van der Waals surface area contributed by atoms with Crippen LogP contribution in [0.3, 0.4) is 0 Å². The number of hydrogen-bond acceptors (Lipinski definition) is 3. The summed E-state index contributed by atoms with van der Waals surface area (Å²) in [4.78, 5) is 16.8. The molecule has 23 heavy (non-hydrogen) atoms. The quantitative estimate of drug-likeness (QED) is 0.738. The van der Waals surface area contributed by atoms with E-state index < -0.39 is 0 Å². The number of hydrogen-bond donors (Lipinski definition) is 1. The van der Waals surface area contributed by atoms with Crippen molar-refractivity contribution in [1.29, 1.82) is 0 Å². The molecule has 2 N–H and O–H groups in total. The molecule has 1 aliphatic rings. The van der Waals surface area contributed by atoms with E-state index in [4.69, 9.17) is 10.7 Å². The summed E-state index contributed by atoms with van der Waals surface area (Å²) in [6, 6.07) is 21.6. The first kappa shape index (κ1) is 13.5. The third-order valence-electron chi connectivity index (χ3n) is 3.98. The monoisotopic (exact) mass is 298 g/mol. The molecule has 3 aromatic carbocycles. The molecule has 0 aliphatic heterocycles. The molecular formula is C20H14N2O. The van der Waals surface area contributed by atoms with Crippen LogP contribution in [0.2, 0.25) is 0 Å². The minimum Gasteiger partial charge on any atom is -0.395 e. The number of fused-ring (bicyclic) bond motifs is 2. The van der Waals surface area contributed by atoms with E-state index in [1.54, 1.807) is 12.1 Å². The van der Waals surface area contributed by atoms with Crippen LogP contribution in [0.4, 0.5) is 5.69 Å². The molecule has 0 unspecified atom stereocenters. The maximum Gasteiger partial charge on any atom is 0.209 e. The Bertz CT molecular complexity index is 999. The summed E-state index contributed by atoms with van der Waals surface area (Å²) in [5, 5.41) is 2.30. The van der Waals surface area contributed by atoms with E-state index in [1.165, 1.54) is 5.39 Å². The van der Waals surface area contributed by atoms with E-state index in [2.05, 4.69) is 12.1 Å². The van der Waals surface area contributed by atoms with Gasteiger partial charge in [-0.25, -0.2) is 4.99 Å². The van der Waals surface area contributed by atoms with Crippen LogP contribution < -0.4 is 5.73 Å². The smallest absolute Gasteiger partial charge is 0.209 e. The molecule has 0 bridgehead atoms. The van der Waals surface area contributed by atoms with Crippen LogP contribution in [-0.4, -0.2) is 11.5 Å². The minimum absolute atomic E-state index is 0.141. The topological polar surface area (TPSA) is 55.4 Å². The van der Waals surface area contributed by atoms with E-state index in [-0.39, 0.29) is 11.5 Å². The molecule has 3 aromatic rings. The van der Waals surface area contributed by atoms with Gasteiger partial charge in [-0.1, -0.05) is 54.6 Å². The zero-order valence-corrected chi connectivity index (χ0v) is 12.4. The van der Waals surface area contributed by atoms with Crippen molar-refractivity contribution in [3.63, 3.8) is 0 Å². The van der Waals surface area contributed by atoms with E-state index >= 15 is 0 Å². The Kier molecular flexibility index (Phi) is 3.05. The Hall–Kier alpha value is -3.20. The minimum atomic E-state index is -0.141. The number of Topliss-reactive ketones (excluding diaryl/α,β-unsaturated/α-hetero) is 1. The Morgan fingerprint density at radius 3 is 2.30 bits per heavy atom. The molecular weight excluding hydrogens is 284 g/mol. The number of carbonyl (C=O) groups is 1. The standard InChI is InChI=1S/C20H14N2O/c21-18-12-19(16-7-3-4-8-17(16)20(18)23)22-15-10-9-13-5-1-2-6-14(13)11-15/h1-12H,21H2. The first-order valence-corrected chi connectivity index (χ1v) is 7.41.